The first-order valence-corrected chi connectivity index (χ1v) is 9.22. The maximum atomic E-state index is 12.5. The van der Waals surface area contributed by atoms with Crippen LogP contribution in [-0.4, -0.2) is 30.9 Å². The fourth-order valence-electron chi connectivity index (χ4n) is 3.60. The van der Waals surface area contributed by atoms with Gasteiger partial charge in [-0.05, 0) is 62.3 Å². The number of nitrogen functional groups attached to an aromatic ring is 1. The van der Waals surface area contributed by atoms with E-state index in [4.69, 9.17) is 15.6 Å². The number of furan rings is 1. The maximum Gasteiger partial charge on any atom is 0.305 e. The summed E-state index contributed by atoms with van der Waals surface area (Å²) in [5.74, 6) is 0.358. The molecule has 0 radical (unpaired) electrons. The molecule has 1 saturated carbocycles. The summed E-state index contributed by atoms with van der Waals surface area (Å²) in [5, 5.41) is 11.3. The molecule has 27 heavy (non-hydrogen) atoms. The predicted molar refractivity (Wildman–Crippen MR) is 102 cm³/mol. The zero-order valence-corrected chi connectivity index (χ0v) is 15.4. The van der Waals surface area contributed by atoms with Crippen molar-refractivity contribution in [1.29, 1.82) is 5.41 Å². The zero-order chi connectivity index (χ0) is 19.4. The standard InChI is InChI=1S/C20H25N3O4/c1-26-18(24)9-4-12-2-6-15(7-3-12)23-20(25)17-11-14-10-13(19(21)22)5-8-16(14)27-17/h5,8,10-12,15H,2-4,6-7,9H2,1H3,(H3,21,22)(H,23,25). The lowest BCUT2D eigenvalue weighted by atomic mass is 9.83. The number of fused-ring (bicyclic) bond motifs is 1. The summed E-state index contributed by atoms with van der Waals surface area (Å²) >= 11 is 0. The van der Waals surface area contributed by atoms with E-state index in [2.05, 4.69) is 10.1 Å². The Hall–Kier alpha value is -2.83. The van der Waals surface area contributed by atoms with Crippen molar-refractivity contribution < 1.29 is 18.7 Å². The number of esters is 1. The van der Waals surface area contributed by atoms with Gasteiger partial charge in [-0.15, -0.1) is 0 Å². The van der Waals surface area contributed by atoms with Crippen molar-refractivity contribution in [2.75, 3.05) is 7.11 Å². The van der Waals surface area contributed by atoms with Crippen LogP contribution in [0.25, 0.3) is 11.0 Å². The Kier molecular flexibility index (Phi) is 5.78. The number of nitrogens with one attached hydrogen (secondary N) is 2. The number of hydrogen-bond donors (Lipinski definition) is 3. The van der Waals surface area contributed by atoms with Crippen LogP contribution in [0.4, 0.5) is 0 Å². The van der Waals surface area contributed by atoms with E-state index in [0.717, 1.165) is 37.5 Å². The zero-order valence-electron chi connectivity index (χ0n) is 15.4. The van der Waals surface area contributed by atoms with E-state index in [0.29, 0.717) is 23.5 Å². The van der Waals surface area contributed by atoms with Crippen molar-refractivity contribution in [3.63, 3.8) is 0 Å². The van der Waals surface area contributed by atoms with E-state index >= 15 is 0 Å². The summed E-state index contributed by atoms with van der Waals surface area (Å²) in [6, 6.07) is 6.96. The van der Waals surface area contributed by atoms with Gasteiger partial charge in [-0.3, -0.25) is 15.0 Å². The molecule has 0 saturated heterocycles. The monoisotopic (exact) mass is 371 g/mol. The highest BCUT2D eigenvalue weighted by Gasteiger charge is 2.24. The Balaban J connectivity index is 1.54. The molecular weight excluding hydrogens is 346 g/mol. The second-order valence-electron chi connectivity index (χ2n) is 7.08. The van der Waals surface area contributed by atoms with Crippen LogP contribution < -0.4 is 11.1 Å². The molecule has 1 aromatic heterocycles. The number of rotatable bonds is 6. The summed E-state index contributed by atoms with van der Waals surface area (Å²) in [7, 11) is 1.41. The van der Waals surface area contributed by atoms with Gasteiger partial charge in [-0.1, -0.05) is 0 Å². The lowest BCUT2D eigenvalue weighted by molar-refractivity contribution is -0.141. The summed E-state index contributed by atoms with van der Waals surface area (Å²) in [5.41, 5.74) is 6.69. The second-order valence-corrected chi connectivity index (χ2v) is 7.08. The van der Waals surface area contributed by atoms with E-state index in [1.165, 1.54) is 7.11 Å². The SMILES string of the molecule is COC(=O)CCC1CCC(NC(=O)c2cc3cc(C(=N)N)ccc3o2)CC1. The van der Waals surface area contributed by atoms with Crippen LogP contribution in [-0.2, 0) is 9.53 Å². The lowest BCUT2D eigenvalue weighted by Gasteiger charge is -2.28. The van der Waals surface area contributed by atoms with Gasteiger partial charge < -0.3 is 20.2 Å². The molecule has 1 aliphatic carbocycles. The molecule has 144 valence electrons. The molecule has 0 atom stereocenters. The molecular formula is C20H25N3O4. The molecule has 3 rings (SSSR count). The van der Waals surface area contributed by atoms with E-state index < -0.39 is 0 Å². The third-order valence-corrected chi connectivity index (χ3v) is 5.22. The number of ether oxygens (including phenoxy) is 1. The average molecular weight is 371 g/mol. The first-order valence-electron chi connectivity index (χ1n) is 9.22. The van der Waals surface area contributed by atoms with Crippen LogP contribution >= 0.6 is 0 Å². The van der Waals surface area contributed by atoms with Gasteiger partial charge in [0.1, 0.15) is 11.4 Å². The van der Waals surface area contributed by atoms with Gasteiger partial charge in [0, 0.05) is 23.4 Å². The van der Waals surface area contributed by atoms with Crippen LogP contribution in [0.2, 0.25) is 0 Å². The first kappa shape index (κ1) is 18.9. The van der Waals surface area contributed by atoms with E-state index in [9.17, 15) is 9.59 Å². The van der Waals surface area contributed by atoms with Crippen LogP contribution in [0, 0.1) is 11.3 Å². The third-order valence-electron chi connectivity index (χ3n) is 5.22. The van der Waals surface area contributed by atoms with Crippen LogP contribution in [0.3, 0.4) is 0 Å². The highest BCUT2D eigenvalue weighted by Crippen LogP contribution is 2.28. The number of amidine groups is 1. The summed E-state index contributed by atoms with van der Waals surface area (Å²) in [6.45, 7) is 0. The van der Waals surface area contributed by atoms with Gasteiger partial charge >= 0.3 is 5.97 Å². The fraction of sp³-hybridized carbons (Fsp3) is 0.450. The quantitative estimate of drug-likeness (QED) is 0.410. The molecule has 7 heteroatoms. The summed E-state index contributed by atoms with van der Waals surface area (Å²) in [6.07, 6.45) is 5.07. The average Bonchev–Trinajstić information content (AvgIpc) is 3.10. The van der Waals surface area contributed by atoms with Crippen LogP contribution in [0.5, 0.6) is 0 Å². The predicted octanol–water partition coefficient (Wildman–Crippen LogP) is 2.96. The topological polar surface area (TPSA) is 118 Å². The molecule has 7 nitrogen and oxygen atoms in total. The Morgan fingerprint density at radius 1 is 1.26 bits per heavy atom. The molecule has 1 heterocycles. The number of amides is 1. The lowest BCUT2D eigenvalue weighted by Crippen LogP contribution is -2.37. The molecule has 2 aromatic rings. The molecule has 1 amide bonds. The van der Waals surface area contributed by atoms with E-state index in [1.807, 2.05) is 0 Å². The Labute approximate surface area is 157 Å². The molecule has 1 aliphatic rings. The minimum atomic E-state index is -0.228. The van der Waals surface area contributed by atoms with Crippen molar-refractivity contribution in [3.05, 3.63) is 35.6 Å². The molecule has 0 unspecified atom stereocenters. The second kappa shape index (κ2) is 8.24. The maximum absolute atomic E-state index is 12.5. The first-order chi connectivity index (χ1) is 13.0. The highest BCUT2D eigenvalue weighted by molar-refractivity contribution is 6.00. The van der Waals surface area contributed by atoms with Gasteiger partial charge in [0.15, 0.2) is 5.76 Å². The van der Waals surface area contributed by atoms with Crippen molar-refractivity contribution in [3.8, 4) is 0 Å². The molecule has 0 aliphatic heterocycles. The smallest absolute Gasteiger partial charge is 0.305 e. The van der Waals surface area contributed by atoms with E-state index in [-0.39, 0.29) is 29.5 Å². The Bertz CT molecular complexity index is 850. The van der Waals surface area contributed by atoms with Crippen molar-refractivity contribution in [2.45, 2.75) is 44.6 Å². The van der Waals surface area contributed by atoms with Crippen molar-refractivity contribution >= 4 is 28.7 Å². The Morgan fingerprint density at radius 2 is 2.00 bits per heavy atom. The highest BCUT2D eigenvalue weighted by atomic mass is 16.5. The number of hydrogen-bond acceptors (Lipinski definition) is 5. The molecule has 1 aromatic carbocycles. The van der Waals surface area contributed by atoms with Crippen LogP contribution in [0.1, 0.15) is 54.6 Å². The molecule has 0 spiro atoms. The van der Waals surface area contributed by atoms with Crippen molar-refractivity contribution in [1.82, 2.24) is 5.32 Å². The largest absolute Gasteiger partial charge is 0.469 e. The Morgan fingerprint density at radius 3 is 2.67 bits per heavy atom. The molecule has 0 bridgehead atoms. The van der Waals surface area contributed by atoms with Crippen molar-refractivity contribution in [2.24, 2.45) is 11.7 Å². The van der Waals surface area contributed by atoms with Gasteiger partial charge in [-0.25, -0.2) is 0 Å². The van der Waals surface area contributed by atoms with Gasteiger partial charge in [0.25, 0.3) is 5.91 Å². The normalized spacial score (nSPS) is 19.6. The minimum absolute atomic E-state index is 0.0203. The number of carbonyl (C=O) groups is 2. The number of carbonyl (C=O) groups excluding carboxylic acids is 2. The number of nitrogens with two attached hydrogens (primary N) is 1. The number of benzene rings is 1. The summed E-state index contributed by atoms with van der Waals surface area (Å²) in [4.78, 5) is 23.7. The van der Waals surface area contributed by atoms with E-state index in [1.54, 1.807) is 24.3 Å². The fourth-order valence-corrected chi connectivity index (χ4v) is 3.60. The van der Waals surface area contributed by atoms with Gasteiger partial charge in [-0.2, -0.15) is 0 Å². The molecule has 1 fully saturated rings. The van der Waals surface area contributed by atoms with Crippen LogP contribution in [0.15, 0.2) is 28.7 Å². The number of methoxy groups -OCH3 is 1. The molecule has 4 N–H and O–H groups in total. The summed E-state index contributed by atoms with van der Waals surface area (Å²) < 4.78 is 10.3. The van der Waals surface area contributed by atoms with Gasteiger partial charge in [0.2, 0.25) is 0 Å². The van der Waals surface area contributed by atoms with Gasteiger partial charge in [0.05, 0.1) is 7.11 Å². The minimum Gasteiger partial charge on any atom is -0.469 e. The third kappa shape index (κ3) is 4.67.